The van der Waals surface area contributed by atoms with Crippen molar-refractivity contribution in [1.29, 1.82) is 0 Å². The van der Waals surface area contributed by atoms with Crippen LogP contribution in [0.5, 0.6) is 0 Å². The molecule has 0 aliphatic carbocycles. The van der Waals surface area contributed by atoms with E-state index in [-0.39, 0.29) is 12.1 Å². The van der Waals surface area contributed by atoms with Crippen molar-refractivity contribution in [3.05, 3.63) is 48.7 Å². The Kier molecular flexibility index (Phi) is 4.85. The number of aryl methyl sites for hydroxylation is 1. The molecule has 2 N–H and O–H groups in total. The summed E-state index contributed by atoms with van der Waals surface area (Å²) in [5, 5.41) is 10.2. The summed E-state index contributed by atoms with van der Waals surface area (Å²) in [5.74, 6) is 0. The first-order valence-corrected chi connectivity index (χ1v) is 8.35. The predicted octanol–water partition coefficient (Wildman–Crippen LogP) is 2.92. The highest BCUT2D eigenvalue weighted by molar-refractivity contribution is 7.19. The van der Waals surface area contributed by atoms with E-state index < -0.39 is 0 Å². The average Bonchev–Trinajstić information content (AvgIpc) is 3.19. The lowest BCUT2D eigenvalue weighted by Crippen LogP contribution is -2.38. The first-order valence-electron chi connectivity index (χ1n) is 7.53. The molecule has 0 saturated heterocycles. The van der Waals surface area contributed by atoms with Gasteiger partial charge in [-0.1, -0.05) is 35.6 Å². The van der Waals surface area contributed by atoms with E-state index in [1.807, 2.05) is 25.1 Å². The van der Waals surface area contributed by atoms with Crippen molar-refractivity contribution < 1.29 is 4.79 Å². The molecule has 2 heterocycles. The molecule has 3 rings (SSSR count). The standard InChI is InChI=1S/C16H18N6OS/c1-11-5-3-4-6-13(11)14-7-18-16(24-14)21-15(23)20-12(2)8-22-10-17-9-19-22/h3-7,9-10,12H,8H2,1-2H3,(H2,18,20,21,23). The van der Waals surface area contributed by atoms with E-state index in [1.165, 1.54) is 23.2 Å². The highest BCUT2D eigenvalue weighted by atomic mass is 32.1. The van der Waals surface area contributed by atoms with E-state index >= 15 is 0 Å². The summed E-state index contributed by atoms with van der Waals surface area (Å²) in [4.78, 5) is 21.2. The van der Waals surface area contributed by atoms with Gasteiger partial charge in [0, 0.05) is 12.2 Å². The summed E-state index contributed by atoms with van der Waals surface area (Å²) in [7, 11) is 0. The topological polar surface area (TPSA) is 84.7 Å². The van der Waals surface area contributed by atoms with E-state index in [4.69, 9.17) is 0 Å². The van der Waals surface area contributed by atoms with Gasteiger partial charge in [-0.2, -0.15) is 5.10 Å². The third-order valence-electron chi connectivity index (χ3n) is 3.44. The third kappa shape index (κ3) is 3.96. The van der Waals surface area contributed by atoms with Crippen molar-refractivity contribution in [2.45, 2.75) is 26.4 Å². The molecule has 124 valence electrons. The maximum Gasteiger partial charge on any atom is 0.321 e. The van der Waals surface area contributed by atoms with Gasteiger partial charge in [-0.3, -0.25) is 10.00 Å². The zero-order valence-electron chi connectivity index (χ0n) is 13.4. The fraction of sp³-hybridized carbons (Fsp3) is 0.250. The number of benzene rings is 1. The molecule has 2 aromatic heterocycles. The minimum absolute atomic E-state index is 0.0810. The number of hydrogen-bond donors (Lipinski definition) is 2. The Hall–Kier alpha value is -2.74. The quantitative estimate of drug-likeness (QED) is 0.746. The minimum Gasteiger partial charge on any atom is -0.333 e. The number of nitrogens with one attached hydrogen (secondary N) is 2. The number of nitrogens with zero attached hydrogens (tertiary/aromatic N) is 4. The number of rotatable bonds is 5. The normalized spacial score (nSPS) is 11.9. The van der Waals surface area contributed by atoms with E-state index in [9.17, 15) is 4.79 Å². The number of hydrogen-bond acceptors (Lipinski definition) is 5. The summed E-state index contributed by atoms with van der Waals surface area (Å²) in [6.07, 6.45) is 4.86. The molecule has 24 heavy (non-hydrogen) atoms. The maximum absolute atomic E-state index is 12.1. The lowest BCUT2D eigenvalue weighted by Gasteiger charge is -2.13. The molecule has 0 saturated carbocycles. The number of anilines is 1. The minimum atomic E-state index is -0.284. The van der Waals surface area contributed by atoms with Gasteiger partial charge in [-0.25, -0.2) is 14.8 Å². The SMILES string of the molecule is Cc1ccccc1-c1cnc(NC(=O)NC(C)Cn2cncn2)s1. The number of aromatic nitrogens is 4. The van der Waals surface area contributed by atoms with E-state index in [2.05, 4.69) is 38.7 Å². The van der Waals surface area contributed by atoms with Gasteiger partial charge in [-0.15, -0.1) is 0 Å². The second-order valence-electron chi connectivity index (χ2n) is 5.46. The lowest BCUT2D eigenvalue weighted by atomic mass is 10.1. The van der Waals surface area contributed by atoms with Gasteiger partial charge in [0.1, 0.15) is 12.7 Å². The molecule has 3 aromatic rings. The second-order valence-corrected chi connectivity index (χ2v) is 6.49. The fourth-order valence-corrected chi connectivity index (χ4v) is 3.22. The van der Waals surface area contributed by atoms with E-state index in [0.29, 0.717) is 11.7 Å². The number of thiazole rings is 1. The maximum atomic E-state index is 12.1. The van der Waals surface area contributed by atoms with Crippen LogP contribution in [0, 0.1) is 6.92 Å². The number of carbonyl (C=O) groups is 1. The molecule has 0 spiro atoms. The Balaban J connectivity index is 1.58. The summed E-state index contributed by atoms with van der Waals surface area (Å²) in [6.45, 7) is 4.52. The zero-order valence-corrected chi connectivity index (χ0v) is 14.2. The monoisotopic (exact) mass is 342 g/mol. The molecule has 0 aliphatic heterocycles. The molecular weight excluding hydrogens is 324 g/mol. The van der Waals surface area contributed by atoms with Crippen LogP contribution in [0.4, 0.5) is 9.93 Å². The van der Waals surface area contributed by atoms with Gasteiger partial charge < -0.3 is 5.32 Å². The lowest BCUT2D eigenvalue weighted by molar-refractivity contribution is 0.247. The Labute approximate surface area is 143 Å². The molecule has 7 nitrogen and oxygen atoms in total. The summed E-state index contributed by atoms with van der Waals surface area (Å²) in [5.41, 5.74) is 2.31. The third-order valence-corrected chi connectivity index (χ3v) is 4.39. The highest BCUT2D eigenvalue weighted by Crippen LogP contribution is 2.30. The molecule has 0 fully saturated rings. The summed E-state index contributed by atoms with van der Waals surface area (Å²) >= 11 is 1.45. The molecule has 2 amide bonds. The van der Waals surface area contributed by atoms with Gasteiger partial charge in [0.15, 0.2) is 5.13 Å². The Bertz CT molecular complexity index is 814. The van der Waals surface area contributed by atoms with Crippen LogP contribution in [-0.4, -0.2) is 31.8 Å². The molecule has 1 atom stereocenters. The number of amides is 2. The summed E-state index contributed by atoms with van der Waals surface area (Å²) in [6, 6.07) is 7.74. The van der Waals surface area contributed by atoms with Crippen LogP contribution >= 0.6 is 11.3 Å². The number of carbonyl (C=O) groups excluding carboxylic acids is 1. The van der Waals surface area contributed by atoms with Gasteiger partial charge in [0.25, 0.3) is 0 Å². The number of urea groups is 1. The molecule has 0 bridgehead atoms. The van der Waals surface area contributed by atoms with Crippen LogP contribution in [0.2, 0.25) is 0 Å². The van der Waals surface area contributed by atoms with Crippen molar-refractivity contribution in [3.63, 3.8) is 0 Å². The van der Waals surface area contributed by atoms with Crippen molar-refractivity contribution in [3.8, 4) is 10.4 Å². The van der Waals surface area contributed by atoms with E-state index in [0.717, 1.165) is 10.4 Å². The van der Waals surface area contributed by atoms with Crippen LogP contribution in [0.25, 0.3) is 10.4 Å². The van der Waals surface area contributed by atoms with Gasteiger partial charge in [0.05, 0.1) is 11.4 Å². The first kappa shape index (κ1) is 16.1. The second kappa shape index (κ2) is 7.22. The molecule has 0 radical (unpaired) electrons. The smallest absolute Gasteiger partial charge is 0.321 e. The fourth-order valence-electron chi connectivity index (χ4n) is 2.32. The van der Waals surface area contributed by atoms with Crippen molar-refractivity contribution >= 4 is 22.5 Å². The van der Waals surface area contributed by atoms with Crippen molar-refractivity contribution in [2.24, 2.45) is 0 Å². The van der Waals surface area contributed by atoms with Gasteiger partial charge in [-0.05, 0) is 25.0 Å². The first-order chi connectivity index (χ1) is 11.6. The molecule has 1 aromatic carbocycles. The Morgan fingerprint density at radius 3 is 2.96 bits per heavy atom. The van der Waals surface area contributed by atoms with Crippen LogP contribution < -0.4 is 10.6 Å². The van der Waals surface area contributed by atoms with Crippen molar-refractivity contribution in [2.75, 3.05) is 5.32 Å². The predicted molar refractivity (Wildman–Crippen MR) is 93.9 cm³/mol. The van der Waals surface area contributed by atoms with Gasteiger partial charge in [0.2, 0.25) is 0 Å². The van der Waals surface area contributed by atoms with Gasteiger partial charge >= 0.3 is 6.03 Å². The van der Waals surface area contributed by atoms with Crippen LogP contribution in [0.3, 0.4) is 0 Å². The van der Waals surface area contributed by atoms with Crippen LogP contribution in [0.15, 0.2) is 43.1 Å². The molecule has 8 heteroatoms. The highest BCUT2D eigenvalue weighted by Gasteiger charge is 2.12. The Morgan fingerprint density at radius 2 is 2.21 bits per heavy atom. The molecule has 0 aliphatic rings. The van der Waals surface area contributed by atoms with Crippen molar-refractivity contribution in [1.82, 2.24) is 25.1 Å². The van der Waals surface area contributed by atoms with E-state index in [1.54, 1.807) is 17.2 Å². The summed E-state index contributed by atoms with van der Waals surface area (Å²) < 4.78 is 1.67. The Morgan fingerprint density at radius 1 is 1.38 bits per heavy atom. The molecular formula is C16H18N6OS. The van der Waals surface area contributed by atoms with Crippen LogP contribution in [0.1, 0.15) is 12.5 Å². The average molecular weight is 342 g/mol. The largest absolute Gasteiger partial charge is 0.333 e. The van der Waals surface area contributed by atoms with Crippen LogP contribution in [-0.2, 0) is 6.54 Å². The molecule has 1 unspecified atom stereocenters. The zero-order chi connectivity index (χ0) is 16.9.